The van der Waals surface area contributed by atoms with Crippen molar-refractivity contribution in [3.8, 4) is 0 Å². The molecule has 1 saturated heterocycles. The van der Waals surface area contributed by atoms with Gasteiger partial charge in [0.2, 0.25) is 0 Å². The van der Waals surface area contributed by atoms with Gasteiger partial charge in [-0.25, -0.2) is 4.79 Å². The predicted octanol–water partition coefficient (Wildman–Crippen LogP) is 2.58. The van der Waals surface area contributed by atoms with Gasteiger partial charge < -0.3 is 4.74 Å². The van der Waals surface area contributed by atoms with Crippen LogP contribution in [0.2, 0.25) is 0 Å². The quantitative estimate of drug-likeness (QED) is 0.250. The maximum Gasteiger partial charge on any atom is 0.331 e. The van der Waals surface area contributed by atoms with E-state index in [0.29, 0.717) is 0 Å². The third kappa shape index (κ3) is 2.52. The number of cyclic esters (lactones) is 1. The summed E-state index contributed by atoms with van der Waals surface area (Å²) in [5.74, 6) is -0.462. The summed E-state index contributed by atoms with van der Waals surface area (Å²) in [6, 6.07) is -0.532. The summed E-state index contributed by atoms with van der Waals surface area (Å²) in [5.41, 5.74) is 8.14. The van der Waals surface area contributed by atoms with Crippen LogP contribution in [0.15, 0.2) is 9.86 Å². The Morgan fingerprint density at radius 2 is 2.19 bits per heavy atom. The van der Waals surface area contributed by atoms with Gasteiger partial charge in [0.15, 0.2) is 6.04 Å². The fraction of sp³-hybridized carbons (Fsp3) is 0.889. The van der Waals surface area contributed by atoms with E-state index in [9.17, 15) is 4.79 Å². The normalized spacial score (nSPS) is 29.4. The zero-order chi connectivity index (χ0) is 12.3. The smallest absolute Gasteiger partial charge is 0.331 e. The lowest BCUT2D eigenvalue weighted by Crippen LogP contribution is -2.36. The molecule has 0 amide bonds. The van der Waals surface area contributed by atoms with Gasteiger partial charge in [0.05, 0.1) is 6.54 Å². The van der Waals surface area contributed by atoms with Gasteiger partial charge in [-0.3, -0.25) is 4.74 Å². The van der Waals surface area contributed by atoms with E-state index < -0.39 is 12.1 Å². The van der Waals surface area contributed by atoms with Gasteiger partial charge in [0, 0.05) is 10.8 Å². The molecule has 0 aliphatic carbocycles. The maximum absolute atomic E-state index is 11.6. The molecule has 0 aromatic carbocycles. The van der Waals surface area contributed by atoms with Crippen LogP contribution in [0.4, 0.5) is 0 Å². The van der Waals surface area contributed by atoms with Crippen molar-refractivity contribution in [2.45, 2.75) is 32.9 Å². The molecule has 1 aliphatic rings. The van der Waals surface area contributed by atoms with Gasteiger partial charge in [-0.2, -0.15) is 0 Å². The molecule has 1 fully saturated rings. The lowest BCUT2D eigenvalue weighted by Gasteiger charge is -2.30. The largest absolute Gasteiger partial charge is 0.460 e. The molecular weight excluding hydrogens is 227 g/mol. The minimum Gasteiger partial charge on any atom is -0.460 e. The first kappa shape index (κ1) is 12.9. The zero-order valence-electron chi connectivity index (χ0n) is 9.54. The van der Waals surface area contributed by atoms with Gasteiger partial charge in [0.1, 0.15) is 6.10 Å². The Morgan fingerprint density at radius 1 is 1.56 bits per heavy atom. The second-order valence-electron chi connectivity index (χ2n) is 4.85. The Bertz CT molecular complexity index is 346. The summed E-state index contributed by atoms with van der Waals surface area (Å²) >= 11 is 0. The molecule has 16 heavy (non-hydrogen) atoms. The third-order valence-corrected chi connectivity index (χ3v) is 2.99. The molecule has 0 saturated carbocycles. The number of ether oxygens (including phenoxy) is 1. The minimum absolute atomic E-state index is 0.0944. The van der Waals surface area contributed by atoms with Crippen molar-refractivity contribution in [3.05, 3.63) is 10.4 Å². The van der Waals surface area contributed by atoms with Gasteiger partial charge in [-0.05, 0) is 20.0 Å². The van der Waals surface area contributed by atoms with Gasteiger partial charge in [-0.1, -0.05) is 25.9 Å². The molecule has 88 valence electrons. The third-order valence-electron chi connectivity index (χ3n) is 2.71. The standard InChI is InChI=1S/C9H15N4O2P/c1-9(2,3)6-5(4-11-13-10)15-8(14)7(6)12-16/h5-7,16H,4H2,1-3H3/t5-,6?,7+/m1/s1. The van der Waals surface area contributed by atoms with Crippen LogP contribution >= 0.6 is 9.03 Å². The molecule has 0 aromatic rings. The fourth-order valence-electron chi connectivity index (χ4n) is 2.07. The van der Waals surface area contributed by atoms with Crippen molar-refractivity contribution < 1.29 is 9.53 Å². The van der Waals surface area contributed by atoms with Crippen LogP contribution < -0.4 is 0 Å². The van der Waals surface area contributed by atoms with Crippen LogP contribution in [0.3, 0.4) is 0 Å². The molecule has 7 heteroatoms. The van der Waals surface area contributed by atoms with Crippen molar-refractivity contribution in [1.29, 1.82) is 0 Å². The molecule has 0 spiro atoms. The van der Waals surface area contributed by atoms with Crippen LogP contribution in [0.5, 0.6) is 0 Å². The van der Waals surface area contributed by atoms with Crippen molar-refractivity contribution in [2.75, 3.05) is 6.54 Å². The molecule has 1 heterocycles. The highest BCUT2D eigenvalue weighted by Gasteiger charge is 2.49. The maximum atomic E-state index is 11.6. The molecule has 0 aromatic heterocycles. The number of hydrogen-bond acceptors (Lipinski definition) is 4. The first-order valence-corrected chi connectivity index (χ1v) is 5.44. The Balaban J connectivity index is 2.96. The summed E-state index contributed by atoms with van der Waals surface area (Å²) in [5, 5.41) is 3.47. The number of carbonyl (C=O) groups is 1. The van der Waals surface area contributed by atoms with Crippen LogP contribution in [-0.4, -0.2) is 24.7 Å². The lowest BCUT2D eigenvalue weighted by molar-refractivity contribution is -0.142. The highest BCUT2D eigenvalue weighted by molar-refractivity contribution is 7.04. The summed E-state index contributed by atoms with van der Waals surface area (Å²) in [4.78, 5) is 14.2. The van der Waals surface area contributed by atoms with E-state index in [-0.39, 0.29) is 23.8 Å². The summed E-state index contributed by atoms with van der Waals surface area (Å²) < 4.78 is 9.05. The van der Waals surface area contributed by atoms with Gasteiger partial charge in [0.25, 0.3) is 0 Å². The monoisotopic (exact) mass is 242 g/mol. The number of rotatable bonds is 3. The highest BCUT2D eigenvalue weighted by atomic mass is 31.0. The first-order chi connectivity index (χ1) is 7.41. The van der Waals surface area contributed by atoms with Gasteiger partial charge >= 0.3 is 5.97 Å². The molecule has 1 rings (SSSR count). The molecule has 0 bridgehead atoms. The summed E-state index contributed by atoms with van der Waals surface area (Å²) in [6.45, 7) is 6.18. The average molecular weight is 242 g/mol. The second kappa shape index (κ2) is 4.81. The van der Waals surface area contributed by atoms with E-state index in [1.165, 1.54) is 0 Å². The molecule has 0 N–H and O–H groups in total. The SMILES string of the molecule is CC(C)(C)C1[C@H](N=P)C(=O)O[C@@H]1CN=[N+]=[N-]. The molecule has 3 atom stereocenters. The molecular formula is C9H15N4O2P. The van der Waals surface area contributed by atoms with E-state index in [0.717, 1.165) is 0 Å². The average Bonchev–Trinajstić information content (AvgIpc) is 2.50. The molecule has 0 radical (unpaired) electrons. The Morgan fingerprint density at radius 3 is 2.62 bits per heavy atom. The number of nitrogens with zero attached hydrogens (tertiary/aromatic N) is 4. The van der Waals surface area contributed by atoms with Crippen molar-refractivity contribution in [3.63, 3.8) is 0 Å². The number of azide groups is 1. The number of esters is 1. The van der Waals surface area contributed by atoms with Crippen molar-refractivity contribution >= 4 is 15.0 Å². The van der Waals surface area contributed by atoms with Crippen LogP contribution in [0.25, 0.3) is 10.4 Å². The summed E-state index contributed by atoms with van der Waals surface area (Å²) in [6.07, 6.45) is -0.395. The topological polar surface area (TPSA) is 87.4 Å². The van der Waals surface area contributed by atoms with Crippen LogP contribution in [-0.2, 0) is 9.53 Å². The second-order valence-corrected chi connectivity index (χ2v) is 5.11. The highest BCUT2D eigenvalue weighted by Crippen LogP contribution is 2.39. The molecule has 1 unspecified atom stereocenters. The Labute approximate surface area is 96.3 Å². The lowest BCUT2D eigenvalue weighted by atomic mass is 9.74. The Hall–Kier alpha value is -1.12. The Kier molecular flexibility index (Phi) is 3.89. The van der Waals surface area contributed by atoms with Gasteiger partial charge in [-0.15, -0.1) is 0 Å². The van der Waals surface area contributed by atoms with E-state index in [1.807, 2.05) is 20.8 Å². The van der Waals surface area contributed by atoms with Crippen molar-refractivity contribution in [2.24, 2.45) is 21.2 Å². The predicted molar refractivity (Wildman–Crippen MR) is 61.4 cm³/mol. The molecule has 6 nitrogen and oxygen atoms in total. The van der Waals surface area contributed by atoms with E-state index in [1.54, 1.807) is 0 Å². The first-order valence-electron chi connectivity index (χ1n) is 4.99. The van der Waals surface area contributed by atoms with Crippen molar-refractivity contribution in [1.82, 2.24) is 0 Å². The molecule has 1 aliphatic heterocycles. The van der Waals surface area contributed by atoms with E-state index in [4.69, 9.17) is 10.3 Å². The van der Waals surface area contributed by atoms with Crippen LogP contribution in [0, 0.1) is 11.3 Å². The fourth-order valence-corrected chi connectivity index (χ4v) is 2.34. The van der Waals surface area contributed by atoms with E-state index >= 15 is 0 Å². The van der Waals surface area contributed by atoms with Crippen LogP contribution in [0.1, 0.15) is 20.8 Å². The summed E-state index contributed by atoms with van der Waals surface area (Å²) in [7, 11) is 3.02. The van der Waals surface area contributed by atoms with E-state index in [2.05, 4.69) is 23.8 Å². The minimum atomic E-state index is -0.532. The number of hydrogen-bond donors (Lipinski definition) is 0. The number of carbonyl (C=O) groups excluding carboxylic acids is 1. The zero-order valence-corrected chi connectivity index (χ0v) is 10.5.